The lowest BCUT2D eigenvalue weighted by molar-refractivity contribution is -0.132. The van der Waals surface area contributed by atoms with Crippen molar-refractivity contribution in [3.8, 4) is 0 Å². The van der Waals surface area contributed by atoms with Gasteiger partial charge in [-0.3, -0.25) is 4.79 Å². The molecule has 2 rings (SSSR count). The van der Waals surface area contributed by atoms with E-state index in [1.807, 2.05) is 0 Å². The maximum Gasteiger partial charge on any atom is 0.249 e. The van der Waals surface area contributed by atoms with Crippen molar-refractivity contribution in [2.24, 2.45) is 17.1 Å². The van der Waals surface area contributed by atoms with Crippen molar-refractivity contribution in [3.63, 3.8) is 0 Å². The van der Waals surface area contributed by atoms with Gasteiger partial charge in [0.05, 0.1) is 6.10 Å². The van der Waals surface area contributed by atoms with Gasteiger partial charge in [0.25, 0.3) is 0 Å². The first-order valence-electron chi connectivity index (χ1n) is 7.18. The Morgan fingerprint density at radius 1 is 1.44 bits per heavy atom. The van der Waals surface area contributed by atoms with E-state index in [-0.39, 0.29) is 18.1 Å². The van der Waals surface area contributed by atoms with Crippen LogP contribution in [0.5, 0.6) is 0 Å². The molecular weight excluding hydrogens is 228 g/mol. The topological polar surface area (TPSA) is 64.4 Å². The van der Waals surface area contributed by atoms with Crippen LogP contribution in [0, 0.1) is 11.3 Å². The van der Waals surface area contributed by atoms with Gasteiger partial charge in [-0.15, -0.1) is 0 Å². The number of ether oxygens (including phenoxy) is 1. The number of carbonyl (C=O) groups excluding carboxylic acids is 1. The number of amides is 1. The SMILES string of the molecule is CC(C)CC1(CNC(=O)[C@@H]2CC[C@H](CN)O2)CC1. The third-order valence-corrected chi connectivity index (χ3v) is 4.10. The van der Waals surface area contributed by atoms with Crippen LogP contribution < -0.4 is 11.1 Å². The average molecular weight is 254 g/mol. The summed E-state index contributed by atoms with van der Waals surface area (Å²) in [4.78, 5) is 12.0. The fourth-order valence-electron chi connectivity index (χ4n) is 2.96. The Bertz CT molecular complexity index is 300. The van der Waals surface area contributed by atoms with Gasteiger partial charge in [-0.2, -0.15) is 0 Å². The van der Waals surface area contributed by atoms with Gasteiger partial charge in [0.1, 0.15) is 6.10 Å². The van der Waals surface area contributed by atoms with Gasteiger partial charge in [0.2, 0.25) is 5.91 Å². The summed E-state index contributed by atoms with van der Waals surface area (Å²) >= 11 is 0. The lowest BCUT2D eigenvalue weighted by atomic mass is 9.94. The number of rotatable bonds is 6. The molecule has 2 aliphatic rings. The Kier molecular flexibility index (Phi) is 4.28. The molecule has 0 spiro atoms. The smallest absolute Gasteiger partial charge is 0.249 e. The van der Waals surface area contributed by atoms with Crippen LogP contribution in [-0.4, -0.2) is 31.2 Å². The second-order valence-electron chi connectivity index (χ2n) is 6.38. The van der Waals surface area contributed by atoms with Gasteiger partial charge in [-0.05, 0) is 43.4 Å². The molecule has 1 aliphatic carbocycles. The van der Waals surface area contributed by atoms with Gasteiger partial charge in [0.15, 0.2) is 0 Å². The Balaban J connectivity index is 1.72. The molecule has 1 saturated heterocycles. The molecule has 1 heterocycles. The summed E-state index contributed by atoms with van der Waals surface area (Å²) in [6.07, 6.45) is 5.24. The zero-order valence-electron chi connectivity index (χ0n) is 11.6. The maximum atomic E-state index is 12.0. The van der Waals surface area contributed by atoms with Crippen molar-refractivity contribution < 1.29 is 9.53 Å². The number of nitrogens with one attached hydrogen (secondary N) is 1. The van der Waals surface area contributed by atoms with Gasteiger partial charge in [0, 0.05) is 13.1 Å². The Labute approximate surface area is 110 Å². The highest BCUT2D eigenvalue weighted by Gasteiger charge is 2.43. The molecular formula is C14H26N2O2. The van der Waals surface area contributed by atoms with E-state index in [1.165, 1.54) is 19.3 Å². The fourth-order valence-corrected chi connectivity index (χ4v) is 2.96. The van der Waals surface area contributed by atoms with Crippen LogP contribution in [0.1, 0.15) is 46.0 Å². The van der Waals surface area contributed by atoms with Crippen molar-refractivity contribution in [1.82, 2.24) is 5.32 Å². The van der Waals surface area contributed by atoms with E-state index in [1.54, 1.807) is 0 Å². The highest BCUT2D eigenvalue weighted by Crippen LogP contribution is 2.50. The zero-order chi connectivity index (χ0) is 13.2. The van der Waals surface area contributed by atoms with Gasteiger partial charge < -0.3 is 15.8 Å². The predicted molar refractivity (Wildman–Crippen MR) is 71.1 cm³/mol. The molecule has 0 radical (unpaired) electrons. The molecule has 4 nitrogen and oxygen atoms in total. The summed E-state index contributed by atoms with van der Waals surface area (Å²) in [6, 6.07) is 0. The molecule has 104 valence electrons. The van der Waals surface area contributed by atoms with Crippen molar-refractivity contribution in [1.29, 1.82) is 0 Å². The molecule has 0 bridgehead atoms. The molecule has 0 aromatic heterocycles. The molecule has 1 amide bonds. The molecule has 0 unspecified atom stereocenters. The Morgan fingerprint density at radius 3 is 2.67 bits per heavy atom. The highest BCUT2D eigenvalue weighted by atomic mass is 16.5. The number of carbonyl (C=O) groups is 1. The van der Waals surface area contributed by atoms with Crippen molar-refractivity contribution in [2.45, 2.75) is 58.2 Å². The Morgan fingerprint density at radius 2 is 2.17 bits per heavy atom. The van der Waals surface area contributed by atoms with Crippen LogP contribution in [0.2, 0.25) is 0 Å². The molecule has 0 aromatic rings. The summed E-state index contributed by atoms with van der Waals surface area (Å²) in [5.41, 5.74) is 5.93. The normalized spacial score (nSPS) is 29.6. The molecule has 1 saturated carbocycles. The van der Waals surface area contributed by atoms with E-state index in [0.29, 0.717) is 17.9 Å². The van der Waals surface area contributed by atoms with Crippen LogP contribution in [0.25, 0.3) is 0 Å². The van der Waals surface area contributed by atoms with Crippen molar-refractivity contribution in [3.05, 3.63) is 0 Å². The summed E-state index contributed by atoms with van der Waals surface area (Å²) in [7, 11) is 0. The van der Waals surface area contributed by atoms with Gasteiger partial charge in [-0.25, -0.2) is 0 Å². The van der Waals surface area contributed by atoms with Crippen LogP contribution in [-0.2, 0) is 9.53 Å². The molecule has 18 heavy (non-hydrogen) atoms. The number of hydrogen-bond donors (Lipinski definition) is 2. The monoisotopic (exact) mass is 254 g/mol. The predicted octanol–water partition coefficient (Wildman–Crippen LogP) is 1.44. The molecule has 3 N–H and O–H groups in total. The second-order valence-corrected chi connectivity index (χ2v) is 6.38. The van der Waals surface area contributed by atoms with Crippen molar-refractivity contribution in [2.75, 3.05) is 13.1 Å². The summed E-state index contributed by atoms with van der Waals surface area (Å²) in [5.74, 6) is 0.759. The van der Waals surface area contributed by atoms with Crippen LogP contribution >= 0.6 is 0 Å². The summed E-state index contributed by atoms with van der Waals surface area (Å²) < 4.78 is 5.60. The molecule has 1 aliphatic heterocycles. The molecule has 4 heteroatoms. The Hall–Kier alpha value is -0.610. The third-order valence-electron chi connectivity index (χ3n) is 4.10. The zero-order valence-corrected chi connectivity index (χ0v) is 11.6. The average Bonchev–Trinajstić information content (AvgIpc) is 2.92. The minimum absolute atomic E-state index is 0.0565. The standard InChI is InChI=1S/C14H26N2O2/c1-10(2)7-14(5-6-14)9-16-13(17)12-4-3-11(8-15)18-12/h10-12H,3-9,15H2,1-2H3,(H,16,17)/t11-,12+/m1/s1. The first-order chi connectivity index (χ1) is 8.54. The second kappa shape index (κ2) is 5.57. The van der Waals surface area contributed by atoms with E-state index in [2.05, 4.69) is 19.2 Å². The lowest BCUT2D eigenvalue weighted by Crippen LogP contribution is -2.38. The first-order valence-corrected chi connectivity index (χ1v) is 7.18. The lowest BCUT2D eigenvalue weighted by Gasteiger charge is -2.19. The van der Waals surface area contributed by atoms with E-state index < -0.39 is 0 Å². The number of hydrogen-bond acceptors (Lipinski definition) is 3. The van der Waals surface area contributed by atoms with E-state index in [0.717, 1.165) is 19.4 Å². The molecule has 0 aromatic carbocycles. The largest absolute Gasteiger partial charge is 0.364 e. The van der Waals surface area contributed by atoms with Crippen LogP contribution in [0.4, 0.5) is 0 Å². The fraction of sp³-hybridized carbons (Fsp3) is 0.929. The highest BCUT2D eigenvalue weighted by molar-refractivity contribution is 5.81. The van der Waals surface area contributed by atoms with E-state index >= 15 is 0 Å². The van der Waals surface area contributed by atoms with E-state index in [9.17, 15) is 4.79 Å². The summed E-state index contributed by atoms with van der Waals surface area (Å²) in [6.45, 7) is 5.82. The minimum atomic E-state index is -0.270. The third kappa shape index (κ3) is 3.45. The van der Waals surface area contributed by atoms with Gasteiger partial charge >= 0.3 is 0 Å². The molecule has 2 atom stereocenters. The van der Waals surface area contributed by atoms with Crippen molar-refractivity contribution >= 4 is 5.91 Å². The van der Waals surface area contributed by atoms with E-state index in [4.69, 9.17) is 10.5 Å². The van der Waals surface area contributed by atoms with Crippen LogP contribution in [0.15, 0.2) is 0 Å². The minimum Gasteiger partial charge on any atom is -0.364 e. The van der Waals surface area contributed by atoms with Gasteiger partial charge in [-0.1, -0.05) is 13.8 Å². The quantitative estimate of drug-likeness (QED) is 0.754. The summed E-state index contributed by atoms with van der Waals surface area (Å²) in [5, 5.41) is 3.07. The van der Waals surface area contributed by atoms with Crippen LogP contribution in [0.3, 0.4) is 0 Å². The number of nitrogens with two attached hydrogens (primary N) is 1. The first kappa shape index (κ1) is 13.8. The maximum absolute atomic E-state index is 12.0. The molecule has 2 fully saturated rings.